The number of hydrogen-bond acceptors (Lipinski definition) is 3. The molecular formula is C16H19NO3. The number of aromatic nitrogens is 1. The van der Waals surface area contributed by atoms with Gasteiger partial charge in [0.25, 0.3) is 0 Å². The van der Waals surface area contributed by atoms with Gasteiger partial charge in [-0.15, -0.1) is 0 Å². The Bertz CT molecular complexity index is 611. The minimum absolute atomic E-state index is 0.193. The molecule has 0 spiro atoms. The molecular weight excluding hydrogens is 254 g/mol. The van der Waals surface area contributed by atoms with Crippen LogP contribution in [0.2, 0.25) is 0 Å². The number of fused-ring (bicyclic) bond motifs is 1. The van der Waals surface area contributed by atoms with Crippen molar-refractivity contribution >= 4 is 17.1 Å². The Morgan fingerprint density at radius 3 is 2.85 bits per heavy atom. The van der Waals surface area contributed by atoms with Crippen LogP contribution in [0.15, 0.2) is 22.6 Å². The number of aryl methyl sites for hydroxylation is 1. The Hall–Kier alpha value is -1.84. The molecule has 0 saturated heterocycles. The zero-order valence-corrected chi connectivity index (χ0v) is 11.5. The molecule has 20 heavy (non-hydrogen) atoms. The minimum atomic E-state index is -0.967. The summed E-state index contributed by atoms with van der Waals surface area (Å²) in [5, 5.41) is 9.14. The van der Waals surface area contributed by atoms with Crippen LogP contribution >= 0.6 is 0 Å². The number of nitrogens with zero attached hydrogens (tertiary/aromatic N) is 1. The zero-order valence-electron chi connectivity index (χ0n) is 11.5. The number of carboxylic acids is 1. The molecule has 106 valence electrons. The van der Waals surface area contributed by atoms with Crippen molar-refractivity contribution in [1.29, 1.82) is 0 Å². The van der Waals surface area contributed by atoms with E-state index in [2.05, 4.69) is 4.98 Å². The van der Waals surface area contributed by atoms with Gasteiger partial charge in [-0.1, -0.05) is 38.2 Å². The van der Waals surface area contributed by atoms with Gasteiger partial charge in [0.05, 0.1) is 0 Å². The van der Waals surface area contributed by atoms with E-state index in [1.165, 1.54) is 32.1 Å². The molecule has 1 aromatic heterocycles. The standard InChI is InChI=1S/C16H19NO3/c18-16(19)12-7-4-8-13-15(12)20-14(17-13)10-9-11-5-2-1-3-6-11/h4,7-8,11H,1-3,5-6,9-10H2,(H,18,19). The maximum Gasteiger partial charge on any atom is 0.339 e. The van der Waals surface area contributed by atoms with Crippen LogP contribution in [-0.2, 0) is 6.42 Å². The third-order valence-electron chi connectivity index (χ3n) is 4.18. The number of benzene rings is 1. The molecule has 1 aliphatic carbocycles. The monoisotopic (exact) mass is 273 g/mol. The molecule has 4 heteroatoms. The van der Waals surface area contributed by atoms with Crippen molar-refractivity contribution in [2.24, 2.45) is 5.92 Å². The largest absolute Gasteiger partial charge is 0.478 e. The van der Waals surface area contributed by atoms with Gasteiger partial charge in [0.1, 0.15) is 11.1 Å². The fourth-order valence-corrected chi connectivity index (χ4v) is 3.07. The van der Waals surface area contributed by atoms with Crippen molar-refractivity contribution < 1.29 is 14.3 Å². The van der Waals surface area contributed by atoms with E-state index in [-0.39, 0.29) is 5.56 Å². The summed E-state index contributed by atoms with van der Waals surface area (Å²) in [6, 6.07) is 5.06. The molecule has 1 fully saturated rings. The maximum atomic E-state index is 11.1. The Labute approximate surface area is 117 Å². The molecule has 1 saturated carbocycles. The van der Waals surface area contributed by atoms with Crippen LogP contribution in [0.3, 0.4) is 0 Å². The first-order chi connectivity index (χ1) is 9.74. The van der Waals surface area contributed by atoms with E-state index in [9.17, 15) is 4.79 Å². The van der Waals surface area contributed by atoms with Gasteiger partial charge in [0, 0.05) is 6.42 Å². The average Bonchev–Trinajstić information content (AvgIpc) is 2.88. The summed E-state index contributed by atoms with van der Waals surface area (Å²) < 4.78 is 5.66. The van der Waals surface area contributed by atoms with Crippen LogP contribution in [0, 0.1) is 5.92 Å². The summed E-state index contributed by atoms with van der Waals surface area (Å²) in [6.07, 6.45) is 8.54. The SMILES string of the molecule is O=C(O)c1cccc2nc(CCC3CCCCC3)oc12. The van der Waals surface area contributed by atoms with E-state index in [1.54, 1.807) is 18.2 Å². The lowest BCUT2D eigenvalue weighted by molar-refractivity contribution is 0.0698. The van der Waals surface area contributed by atoms with Crippen molar-refractivity contribution in [2.75, 3.05) is 0 Å². The summed E-state index contributed by atoms with van der Waals surface area (Å²) in [5.74, 6) is 0.475. The molecule has 0 amide bonds. The molecule has 0 bridgehead atoms. The van der Waals surface area contributed by atoms with Crippen molar-refractivity contribution in [3.8, 4) is 0 Å². The number of carboxylic acid groups (broad SMARTS) is 1. The highest BCUT2D eigenvalue weighted by Gasteiger charge is 2.17. The van der Waals surface area contributed by atoms with Crippen LogP contribution in [0.5, 0.6) is 0 Å². The van der Waals surface area contributed by atoms with E-state index in [4.69, 9.17) is 9.52 Å². The van der Waals surface area contributed by atoms with Crippen LogP contribution < -0.4 is 0 Å². The van der Waals surface area contributed by atoms with Crippen molar-refractivity contribution in [3.05, 3.63) is 29.7 Å². The molecule has 0 atom stereocenters. The number of aromatic carboxylic acids is 1. The predicted molar refractivity (Wildman–Crippen MR) is 75.9 cm³/mol. The van der Waals surface area contributed by atoms with Crippen molar-refractivity contribution in [2.45, 2.75) is 44.9 Å². The van der Waals surface area contributed by atoms with Crippen molar-refractivity contribution in [3.63, 3.8) is 0 Å². The summed E-state index contributed by atoms with van der Waals surface area (Å²) in [6.45, 7) is 0. The lowest BCUT2D eigenvalue weighted by Crippen LogP contribution is -2.07. The Balaban J connectivity index is 1.75. The topological polar surface area (TPSA) is 63.3 Å². The second-order valence-electron chi connectivity index (χ2n) is 5.61. The zero-order chi connectivity index (χ0) is 13.9. The van der Waals surface area contributed by atoms with Gasteiger partial charge >= 0.3 is 5.97 Å². The summed E-state index contributed by atoms with van der Waals surface area (Å²) in [7, 11) is 0. The number of para-hydroxylation sites is 1. The first kappa shape index (κ1) is 13.2. The third-order valence-corrected chi connectivity index (χ3v) is 4.18. The lowest BCUT2D eigenvalue weighted by Gasteiger charge is -2.20. The molecule has 1 aromatic carbocycles. The van der Waals surface area contributed by atoms with E-state index in [0.717, 1.165) is 18.8 Å². The first-order valence-corrected chi connectivity index (χ1v) is 7.36. The minimum Gasteiger partial charge on any atom is -0.478 e. The molecule has 3 rings (SSSR count). The van der Waals surface area contributed by atoms with Gasteiger partial charge in [-0.2, -0.15) is 0 Å². The van der Waals surface area contributed by atoms with E-state index >= 15 is 0 Å². The van der Waals surface area contributed by atoms with Gasteiger partial charge < -0.3 is 9.52 Å². The molecule has 0 unspecified atom stereocenters. The highest BCUT2D eigenvalue weighted by Crippen LogP contribution is 2.28. The fraction of sp³-hybridized carbons (Fsp3) is 0.500. The third kappa shape index (κ3) is 2.69. The van der Waals surface area contributed by atoms with Gasteiger partial charge in [-0.3, -0.25) is 0 Å². The Morgan fingerprint density at radius 1 is 1.30 bits per heavy atom. The summed E-state index contributed by atoms with van der Waals surface area (Å²) in [4.78, 5) is 15.6. The first-order valence-electron chi connectivity index (χ1n) is 7.36. The summed E-state index contributed by atoms with van der Waals surface area (Å²) in [5.41, 5.74) is 1.24. The smallest absolute Gasteiger partial charge is 0.339 e. The number of carbonyl (C=O) groups is 1. The molecule has 0 radical (unpaired) electrons. The highest BCUT2D eigenvalue weighted by atomic mass is 16.4. The highest BCUT2D eigenvalue weighted by molar-refractivity contribution is 5.99. The fourth-order valence-electron chi connectivity index (χ4n) is 3.07. The Kier molecular flexibility index (Phi) is 3.72. The molecule has 1 N–H and O–H groups in total. The van der Waals surface area contributed by atoms with Crippen LogP contribution in [0.1, 0.15) is 54.8 Å². The predicted octanol–water partition coefficient (Wildman–Crippen LogP) is 4.04. The van der Waals surface area contributed by atoms with E-state index < -0.39 is 5.97 Å². The maximum absolute atomic E-state index is 11.1. The van der Waals surface area contributed by atoms with E-state index in [0.29, 0.717) is 17.0 Å². The molecule has 2 aromatic rings. The van der Waals surface area contributed by atoms with Crippen molar-refractivity contribution in [1.82, 2.24) is 4.98 Å². The van der Waals surface area contributed by atoms with Gasteiger partial charge in [-0.05, 0) is 24.5 Å². The van der Waals surface area contributed by atoms with E-state index in [1.807, 2.05) is 0 Å². The average molecular weight is 273 g/mol. The second-order valence-corrected chi connectivity index (χ2v) is 5.61. The van der Waals surface area contributed by atoms with Gasteiger partial charge in [0.15, 0.2) is 11.5 Å². The number of oxazole rings is 1. The number of hydrogen-bond donors (Lipinski definition) is 1. The Morgan fingerprint density at radius 2 is 2.10 bits per heavy atom. The lowest BCUT2D eigenvalue weighted by atomic mass is 9.86. The van der Waals surface area contributed by atoms with Crippen LogP contribution in [0.4, 0.5) is 0 Å². The molecule has 0 aliphatic heterocycles. The second kappa shape index (κ2) is 5.65. The summed E-state index contributed by atoms with van der Waals surface area (Å²) >= 11 is 0. The molecule has 1 heterocycles. The van der Waals surface area contributed by atoms with Crippen LogP contribution in [-0.4, -0.2) is 16.1 Å². The number of rotatable bonds is 4. The van der Waals surface area contributed by atoms with Gasteiger partial charge in [0.2, 0.25) is 0 Å². The molecule has 4 nitrogen and oxygen atoms in total. The molecule has 1 aliphatic rings. The van der Waals surface area contributed by atoms with Gasteiger partial charge in [-0.25, -0.2) is 9.78 Å². The quantitative estimate of drug-likeness (QED) is 0.913. The van der Waals surface area contributed by atoms with Crippen LogP contribution in [0.25, 0.3) is 11.1 Å². The normalized spacial score (nSPS) is 16.6.